The average molecular weight is 441 g/mol. The van der Waals surface area contributed by atoms with Gasteiger partial charge < -0.3 is 15.5 Å². The second-order valence-corrected chi connectivity index (χ2v) is 8.94. The minimum absolute atomic E-state index is 0.00216. The van der Waals surface area contributed by atoms with Gasteiger partial charge in [0.1, 0.15) is 6.04 Å². The summed E-state index contributed by atoms with van der Waals surface area (Å²) in [4.78, 5) is 51.3. The van der Waals surface area contributed by atoms with Crippen LogP contribution in [0, 0.1) is 0 Å². The topological polar surface area (TPSA) is 108 Å². The molecule has 8 nitrogen and oxygen atoms in total. The van der Waals surface area contributed by atoms with Crippen molar-refractivity contribution in [2.45, 2.75) is 51.4 Å². The monoisotopic (exact) mass is 440 g/mol. The largest absolute Gasteiger partial charge is 0.335 e. The van der Waals surface area contributed by atoms with Crippen LogP contribution < -0.4 is 16.0 Å². The molecule has 2 aliphatic heterocycles. The van der Waals surface area contributed by atoms with Crippen molar-refractivity contribution in [1.82, 2.24) is 20.9 Å². The van der Waals surface area contributed by atoms with E-state index in [0.29, 0.717) is 18.5 Å². The molecular formula is C22H24N4O4S. The SMILES string of the molecule is CC(Cc1cccs1)NC(=O)NCc1ccc2c(c1)C(=O)N(C1CCC(=O)NC1=O)C2. The number of hydrogen-bond donors (Lipinski definition) is 3. The summed E-state index contributed by atoms with van der Waals surface area (Å²) in [5, 5.41) is 10.1. The number of rotatable bonds is 6. The van der Waals surface area contributed by atoms with Gasteiger partial charge in [-0.2, -0.15) is 0 Å². The Balaban J connectivity index is 1.33. The third kappa shape index (κ3) is 4.77. The van der Waals surface area contributed by atoms with Crippen LogP contribution in [0.1, 0.15) is 46.1 Å². The molecule has 4 rings (SSSR count). The maximum atomic E-state index is 12.9. The molecule has 0 radical (unpaired) electrons. The summed E-state index contributed by atoms with van der Waals surface area (Å²) in [6.07, 6.45) is 1.34. The van der Waals surface area contributed by atoms with Gasteiger partial charge in [0.15, 0.2) is 0 Å². The van der Waals surface area contributed by atoms with Crippen molar-refractivity contribution in [3.05, 3.63) is 57.3 Å². The summed E-state index contributed by atoms with van der Waals surface area (Å²) in [6, 6.07) is 8.63. The molecule has 1 aromatic heterocycles. The first-order valence-electron chi connectivity index (χ1n) is 10.2. The Morgan fingerprint density at radius 2 is 2.13 bits per heavy atom. The molecule has 0 spiro atoms. The molecule has 31 heavy (non-hydrogen) atoms. The zero-order chi connectivity index (χ0) is 22.0. The normalized spacial score (nSPS) is 19.1. The van der Waals surface area contributed by atoms with Crippen LogP contribution in [-0.2, 0) is 29.1 Å². The van der Waals surface area contributed by atoms with Crippen molar-refractivity contribution >= 4 is 35.1 Å². The lowest BCUT2D eigenvalue weighted by Crippen LogP contribution is -2.52. The highest BCUT2D eigenvalue weighted by atomic mass is 32.1. The molecule has 5 amide bonds. The van der Waals surface area contributed by atoms with Crippen molar-refractivity contribution in [2.24, 2.45) is 0 Å². The number of benzene rings is 1. The molecule has 2 aromatic rings. The minimum Gasteiger partial charge on any atom is -0.335 e. The van der Waals surface area contributed by atoms with Crippen LogP contribution in [0.5, 0.6) is 0 Å². The van der Waals surface area contributed by atoms with Crippen molar-refractivity contribution < 1.29 is 19.2 Å². The second kappa shape index (κ2) is 8.89. The molecular weight excluding hydrogens is 416 g/mol. The zero-order valence-corrected chi connectivity index (χ0v) is 18.0. The lowest BCUT2D eigenvalue weighted by atomic mass is 10.0. The van der Waals surface area contributed by atoms with Crippen LogP contribution >= 0.6 is 11.3 Å². The highest BCUT2D eigenvalue weighted by Gasteiger charge is 2.39. The van der Waals surface area contributed by atoms with E-state index >= 15 is 0 Å². The number of nitrogens with zero attached hydrogens (tertiary/aromatic N) is 1. The number of carbonyl (C=O) groups is 4. The number of nitrogens with one attached hydrogen (secondary N) is 3. The van der Waals surface area contributed by atoms with Crippen LogP contribution in [-0.4, -0.2) is 40.7 Å². The van der Waals surface area contributed by atoms with Crippen molar-refractivity contribution in [3.8, 4) is 0 Å². The highest BCUT2D eigenvalue weighted by Crippen LogP contribution is 2.28. The maximum absolute atomic E-state index is 12.9. The molecule has 3 N–H and O–H groups in total. The zero-order valence-electron chi connectivity index (χ0n) is 17.1. The van der Waals surface area contributed by atoms with Gasteiger partial charge in [-0.25, -0.2) is 4.79 Å². The number of amides is 5. The van der Waals surface area contributed by atoms with Gasteiger partial charge in [0, 0.05) is 42.4 Å². The first-order valence-corrected chi connectivity index (χ1v) is 11.1. The van der Waals surface area contributed by atoms with Gasteiger partial charge in [0.05, 0.1) is 0 Å². The first kappa shape index (κ1) is 21.0. The number of thiophene rings is 1. The van der Waals surface area contributed by atoms with E-state index < -0.39 is 11.9 Å². The van der Waals surface area contributed by atoms with E-state index in [4.69, 9.17) is 0 Å². The van der Waals surface area contributed by atoms with Crippen LogP contribution in [0.4, 0.5) is 4.79 Å². The van der Waals surface area contributed by atoms with Crippen LogP contribution in [0.25, 0.3) is 0 Å². The number of fused-ring (bicyclic) bond motifs is 1. The van der Waals surface area contributed by atoms with E-state index in [2.05, 4.69) is 16.0 Å². The Kier molecular flexibility index (Phi) is 6.03. The summed E-state index contributed by atoms with van der Waals surface area (Å²) in [7, 11) is 0. The average Bonchev–Trinajstić information content (AvgIpc) is 3.34. The minimum atomic E-state index is -0.630. The Labute approximate surface area is 184 Å². The van der Waals surface area contributed by atoms with Gasteiger partial charge in [-0.1, -0.05) is 18.2 Å². The Morgan fingerprint density at radius 1 is 1.29 bits per heavy atom. The quantitative estimate of drug-likeness (QED) is 0.597. The Hall–Kier alpha value is -3.20. The maximum Gasteiger partial charge on any atom is 0.315 e. The molecule has 1 aromatic carbocycles. The molecule has 0 bridgehead atoms. The van der Waals surface area contributed by atoms with E-state index in [1.54, 1.807) is 17.4 Å². The molecule has 3 heterocycles. The third-order valence-electron chi connectivity index (χ3n) is 5.51. The van der Waals surface area contributed by atoms with Crippen LogP contribution in [0.2, 0.25) is 0 Å². The summed E-state index contributed by atoms with van der Waals surface area (Å²) >= 11 is 1.66. The van der Waals surface area contributed by atoms with Crippen molar-refractivity contribution in [2.75, 3.05) is 0 Å². The molecule has 0 saturated carbocycles. The predicted molar refractivity (Wildman–Crippen MR) is 115 cm³/mol. The lowest BCUT2D eigenvalue weighted by Gasteiger charge is -2.29. The van der Waals surface area contributed by atoms with Crippen molar-refractivity contribution in [3.63, 3.8) is 0 Å². The molecule has 9 heteroatoms. The summed E-state index contributed by atoms with van der Waals surface area (Å²) in [6.45, 7) is 2.59. The van der Waals surface area contributed by atoms with Gasteiger partial charge in [-0.3, -0.25) is 19.7 Å². The first-order chi connectivity index (χ1) is 14.9. The van der Waals surface area contributed by atoms with Gasteiger partial charge >= 0.3 is 6.03 Å². The fraction of sp³-hybridized carbons (Fsp3) is 0.364. The molecule has 1 fully saturated rings. The standard InChI is InChI=1S/C22H24N4O4S/c1-13(9-16-3-2-8-31-16)24-22(30)23-11-14-4-5-15-12-26(21(29)17(15)10-14)18-6-7-19(27)25-20(18)28/h2-5,8,10,13,18H,6-7,9,11-12H2,1H3,(H2,23,24,30)(H,25,27,28). The third-order valence-corrected chi connectivity index (χ3v) is 6.41. The second-order valence-electron chi connectivity index (χ2n) is 7.90. The van der Waals surface area contributed by atoms with Crippen LogP contribution in [0.3, 0.4) is 0 Å². The molecule has 162 valence electrons. The molecule has 0 aliphatic carbocycles. The molecule has 2 atom stereocenters. The summed E-state index contributed by atoms with van der Waals surface area (Å²) in [5.41, 5.74) is 2.18. The number of hydrogen-bond acceptors (Lipinski definition) is 5. The van der Waals surface area contributed by atoms with Gasteiger partial charge in [-0.05, 0) is 42.0 Å². The van der Waals surface area contributed by atoms with E-state index in [9.17, 15) is 19.2 Å². The Bertz CT molecular complexity index is 1020. The fourth-order valence-corrected chi connectivity index (χ4v) is 4.79. The number of imide groups is 1. The summed E-state index contributed by atoms with van der Waals surface area (Å²) in [5.74, 6) is -0.949. The highest BCUT2D eigenvalue weighted by molar-refractivity contribution is 7.09. The summed E-state index contributed by atoms with van der Waals surface area (Å²) < 4.78 is 0. The predicted octanol–water partition coefficient (Wildman–Crippen LogP) is 1.94. The van der Waals surface area contributed by atoms with Gasteiger partial charge in [0.25, 0.3) is 5.91 Å². The molecule has 2 aliphatic rings. The Morgan fingerprint density at radius 3 is 2.87 bits per heavy atom. The van der Waals surface area contributed by atoms with E-state index in [0.717, 1.165) is 17.5 Å². The fourth-order valence-electron chi connectivity index (χ4n) is 3.95. The smallest absolute Gasteiger partial charge is 0.315 e. The number of piperidine rings is 1. The van der Waals surface area contributed by atoms with Gasteiger partial charge in [0.2, 0.25) is 11.8 Å². The lowest BCUT2D eigenvalue weighted by molar-refractivity contribution is -0.136. The molecule has 1 saturated heterocycles. The number of urea groups is 1. The molecule has 2 unspecified atom stereocenters. The van der Waals surface area contributed by atoms with E-state index in [1.807, 2.05) is 36.6 Å². The number of carbonyl (C=O) groups excluding carboxylic acids is 4. The van der Waals surface area contributed by atoms with Gasteiger partial charge in [-0.15, -0.1) is 11.3 Å². The van der Waals surface area contributed by atoms with E-state index in [-0.39, 0.29) is 36.9 Å². The van der Waals surface area contributed by atoms with E-state index in [1.165, 1.54) is 9.78 Å². The van der Waals surface area contributed by atoms with Crippen LogP contribution in [0.15, 0.2) is 35.7 Å². The van der Waals surface area contributed by atoms with Crippen molar-refractivity contribution in [1.29, 1.82) is 0 Å².